The van der Waals surface area contributed by atoms with Gasteiger partial charge in [-0.3, -0.25) is 9.48 Å². The molecule has 0 aliphatic rings. The van der Waals surface area contributed by atoms with Crippen molar-refractivity contribution in [1.29, 1.82) is 0 Å². The molecule has 23 heavy (non-hydrogen) atoms. The fraction of sp³-hybridized carbons (Fsp3) is 0.474. The summed E-state index contributed by atoms with van der Waals surface area (Å²) in [6.07, 6.45) is 3.32. The maximum Gasteiger partial charge on any atom is 0.254 e. The van der Waals surface area contributed by atoms with Crippen molar-refractivity contribution in [2.24, 2.45) is 13.0 Å². The largest absolute Gasteiger partial charge is 0.345 e. The van der Waals surface area contributed by atoms with E-state index in [1.807, 2.05) is 7.05 Å². The normalized spacial score (nSPS) is 13.2. The van der Waals surface area contributed by atoms with E-state index in [1.54, 1.807) is 17.1 Å². The summed E-state index contributed by atoms with van der Waals surface area (Å²) >= 11 is 0. The Balaban J connectivity index is 2.20. The predicted molar refractivity (Wildman–Crippen MR) is 93.4 cm³/mol. The van der Waals surface area contributed by atoms with E-state index in [9.17, 15) is 4.79 Å². The molecule has 4 heteroatoms. The van der Waals surface area contributed by atoms with Gasteiger partial charge in [0.15, 0.2) is 0 Å². The zero-order chi connectivity index (χ0) is 17.2. The molecule has 0 unspecified atom stereocenters. The number of aryl methyl sites for hydroxylation is 1. The van der Waals surface area contributed by atoms with E-state index < -0.39 is 0 Å². The summed E-state index contributed by atoms with van der Waals surface area (Å²) in [7, 11) is 1.81. The molecule has 1 aromatic carbocycles. The van der Waals surface area contributed by atoms with Crippen LogP contribution in [-0.4, -0.2) is 15.7 Å². The van der Waals surface area contributed by atoms with Gasteiger partial charge in [-0.05, 0) is 22.5 Å². The number of hydrogen-bond acceptors (Lipinski definition) is 2. The lowest BCUT2D eigenvalue weighted by atomic mass is 9.85. The van der Waals surface area contributed by atoms with Crippen LogP contribution in [0.25, 0.3) is 0 Å². The van der Waals surface area contributed by atoms with Crippen LogP contribution < -0.4 is 5.32 Å². The number of hydrogen-bond donors (Lipinski definition) is 1. The van der Waals surface area contributed by atoms with Crippen molar-refractivity contribution < 1.29 is 4.79 Å². The second-order valence-corrected chi connectivity index (χ2v) is 7.47. The van der Waals surface area contributed by atoms with Crippen LogP contribution in [-0.2, 0) is 12.5 Å². The molecular weight excluding hydrogens is 286 g/mol. The number of aromatic nitrogens is 2. The van der Waals surface area contributed by atoms with Gasteiger partial charge in [0.25, 0.3) is 5.91 Å². The molecule has 1 atom stereocenters. The van der Waals surface area contributed by atoms with Crippen molar-refractivity contribution in [1.82, 2.24) is 15.1 Å². The zero-order valence-corrected chi connectivity index (χ0v) is 14.9. The molecular formula is C19H27N3O. The Morgan fingerprint density at radius 2 is 1.78 bits per heavy atom. The van der Waals surface area contributed by atoms with Crippen LogP contribution in [0.4, 0.5) is 0 Å². The number of nitrogens with zero attached hydrogens (tertiary/aromatic N) is 2. The van der Waals surface area contributed by atoms with Gasteiger partial charge in [0.2, 0.25) is 0 Å². The molecule has 0 spiro atoms. The summed E-state index contributed by atoms with van der Waals surface area (Å²) < 4.78 is 1.64. The highest BCUT2D eigenvalue weighted by Crippen LogP contribution is 2.27. The minimum atomic E-state index is -0.0864. The Bertz CT molecular complexity index is 663. The molecule has 124 valence electrons. The van der Waals surface area contributed by atoms with E-state index in [0.29, 0.717) is 11.5 Å². The minimum absolute atomic E-state index is 0.0169. The first kappa shape index (κ1) is 17.3. The van der Waals surface area contributed by atoms with E-state index in [-0.39, 0.29) is 17.4 Å². The van der Waals surface area contributed by atoms with E-state index in [4.69, 9.17) is 0 Å². The fourth-order valence-electron chi connectivity index (χ4n) is 2.59. The summed E-state index contributed by atoms with van der Waals surface area (Å²) in [6.45, 7) is 10.8. The standard InChI is InChI=1S/C19H27N3O/c1-13(2)17(21-18(23)15-11-20-22(6)12-15)14-7-9-16(10-8-14)19(3,4)5/h7-13,17H,1-6H3,(H,21,23)/t17-/m0/s1. The van der Waals surface area contributed by atoms with Crippen molar-refractivity contribution in [2.45, 2.75) is 46.1 Å². The van der Waals surface area contributed by atoms with Gasteiger partial charge in [-0.2, -0.15) is 5.10 Å². The number of carbonyl (C=O) groups excluding carboxylic acids is 1. The molecule has 2 aromatic rings. The van der Waals surface area contributed by atoms with Gasteiger partial charge in [0, 0.05) is 13.2 Å². The molecule has 0 saturated carbocycles. The number of nitrogens with one attached hydrogen (secondary N) is 1. The number of carbonyl (C=O) groups is 1. The maximum absolute atomic E-state index is 12.4. The van der Waals surface area contributed by atoms with Crippen molar-refractivity contribution >= 4 is 5.91 Å². The lowest BCUT2D eigenvalue weighted by molar-refractivity contribution is 0.0925. The third-order valence-corrected chi connectivity index (χ3v) is 4.06. The average Bonchev–Trinajstić information content (AvgIpc) is 2.90. The molecule has 1 amide bonds. The molecule has 0 aliphatic heterocycles. The smallest absolute Gasteiger partial charge is 0.254 e. The molecule has 0 radical (unpaired) electrons. The molecule has 0 fully saturated rings. The summed E-state index contributed by atoms with van der Waals surface area (Å²) in [5.74, 6) is 0.216. The topological polar surface area (TPSA) is 46.9 Å². The predicted octanol–water partition coefficient (Wildman–Crippen LogP) is 3.84. The maximum atomic E-state index is 12.4. The van der Waals surface area contributed by atoms with E-state index in [1.165, 1.54) is 5.56 Å². The van der Waals surface area contributed by atoms with Gasteiger partial charge < -0.3 is 5.32 Å². The Morgan fingerprint density at radius 1 is 1.17 bits per heavy atom. The fourth-order valence-corrected chi connectivity index (χ4v) is 2.59. The van der Waals surface area contributed by atoms with Crippen LogP contribution >= 0.6 is 0 Å². The van der Waals surface area contributed by atoms with Gasteiger partial charge >= 0.3 is 0 Å². The molecule has 0 bridgehead atoms. The quantitative estimate of drug-likeness (QED) is 0.932. The zero-order valence-electron chi connectivity index (χ0n) is 14.9. The van der Waals surface area contributed by atoms with E-state index in [2.05, 4.69) is 69.3 Å². The first-order valence-corrected chi connectivity index (χ1v) is 8.08. The van der Waals surface area contributed by atoms with Crippen LogP contribution in [0.1, 0.15) is 62.1 Å². The summed E-state index contributed by atoms with van der Waals surface area (Å²) in [5.41, 5.74) is 3.14. The number of benzene rings is 1. The molecule has 4 nitrogen and oxygen atoms in total. The van der Waals surface area contributed by atoms with Crippen LogP contribution in [0.3, 0.4) is 0 Å². The number of amides is 1. The molecule has 0 aliphatic carbocycles. The Kier molecular flexibility index (Phi) is 4.93. The lowest BCUT2D eigenvalue weighted by Gasteiger charge is -2.24. The highest BCUT2D eigenvalue weighted by atomic mass is 16.1. The first-order chi connectivity index (χ1) is 10.7. The summed E-state index contributed by atoms with van der Waals surface area (Å²) in [5, 5.41) is 7.19. The highest BCUT2D eigenvalue weighted by molar-refractivity contribution is 5.93. The van der Waals surface area contributed by atoms with Crippen molar-refractivity contribution in [3.05, 3.63) is 53.3 Å². The van der Waals surface area contributed by atoms with Crippen LogP contribution in [0, 0.1) is 5.92 Å². The Morgan fingerprint density at radius 3 is 2.22 bits per heavy atom. The van der Waals surface area contributed by atoms with Gasteiger partial charge in [0.1, 0.15) is 0 Å². The van der Waals surface area contributed by atoms with Gasteiger partial charge in [-0.25, -0.2) is 0 Å². The molecule has 2 rings (SSSR count). The molecule has 1 N–H and O–H groups in total. The summed E-state index contributed by atoms with van der Waals surface area (Å²) in [6, 6.07) is 8.53. The van der Waals surface area contributed by atoms with Crippen LogP contribution in [0.15, 0.2) is 36.7 Å². The highest BCUT2D eigenvalue weighted by Gasteiger charge is 2.21. The lowest BCUT2D eigenvalue weighted by Crippen LogP contribution is -2.31. The van der Waals surface area contributed by atoms with Gasteiger partial charge in [0.05, 0.1) is 17.8 Å². The van der Waals surface area contributed by atoms with E-state index >= 15 is 0 Å². The van der Waals surface area contributed by atoms with Crippen molar-refractivity contribution in [3.8, 4) is 0 Å². The Labute approximate surface area is 138 Å². The van der Waals surface area contributed by atoms with Gasteiger partial charge in [-0.15, -0.1) is 0 Å². The SMILES string of the molecule is CC(C)[C@H](NC(=O)c1cnn(C)c1)c1ccc(C(C)(C)C)cc1. The monoisotopic (exact) mass is 313 g/mol. The Hall–Kier alpha value is -2.10. The second kappa shape index (κ2) is 6.57. The minimum Gasteiger partial charge on any atom is -0.345 e. The average molecular weight is 313 g/mol. The van der Waals surface area contributed by atoms with Crippen molar-refractivity contribution in [3.63, 3.8) is 0 Å². The molecule has 1 aromatic heterocycles. The van der Waals surface area contributed by atoms with Crippen LogP contribution in [0.5, 0.6) is 0 Å². The molecule has 0 saturated heterocycles. The second-order valence-electron chi connectivity index (χ2n) is 7.47. The molecule has 1 heterocycles. The first-order valence-electron chi connectivity index (χ1n) is 8.08. The van der Waals surface area contributed by atoms with Crippen molar-refractivity contribution in [2.75, 3.05) is 0 Å². The third-order valence-electron chi connectivity index (χ3n) is 4.06. The summed E-state index contributed by atoms with van der Waals surface area (Å²) in [4.78, 5) is 12.4. The third kappa shape index (κ3) is 4.21. The van der Waals surface area contributed by atoms with Gasteiger partial charge in [-0.1, -0.05) is 58.9 Å². The number of rotatable bonds is 4. The van der Waals surface area contributed by atoms with E-state index in [0.717, 1.165) is 5.56 Å². The van der Waals surface area contributed by atoms with Crippen LogP contribution in [0.2, 0.25) is 0 Å².